The van der Waals surface area contributed by atoms with Crippen LogP contribution in [0.5, 0.6) is 0 Å². The predicted molar refractivity (Wildman–Crippen MR) is 80.9 cm³/mol. The van der Waals surface area contributed by atoms with Crippen molar-refractivity contribution in [2.24, 2.45) is 5.92 Å². The van der Waals surface area contributed by atoms with Crippen LogP contribution in [0.25, 0.3) is 0 Å². The van der Waals surface area contributed by atoms with Gasteiger partial charge in [-0.15, -0.1) is 0 Å². The van der Waals surface area contributed by atoms with Gasteiger partial charge < -0.3 is 15.0 Å². The van der Waals surface area contributed by atoms with Gasteiger partial charge in [0.25, 0.3) is 0 Å². The molecule has 1 rings (SSSR count). The first-order valence-corrected chi connectivity index (χ1v) is 7.66. The molecule has 3 nitrogen and oxygen atoms in total. The molecule has 0 radical (unpaired) electrons. The summed E-state index contributed by atoms with van der Waals surface area (Å²) in [6, 6.07) is 0.616. The second kappa shape index (κ2) is 8.70. The molecule has 1 aliphatic carbocycles. The number of rotatable bonds is 6. The summed E-state index contributed by atoms with van der Waals surface area (Å²) in [4.78, 5) is 2.26. The van der Waals surface area contributed by atoms with Crippen molar-refractivity contribution in [1.29, 1.82) is 0 Å². The minimum atomic E-state index is 0.616. The number of thiocarbonyl (C=S) groups is 1. The van der Waals surface area contributed by atoms with E-state index in [9.17, 15) is 0 Å². The van der Waals surface area contributed by atoms with Gasteiger partial charge in [-0.1, -0.05) is 19.8 Å². The van der Waals surface area contributed by atoms with Gasteiger partial charge in [-0.3, -0.25) is 0 Å². The van der Waals surface area contributed by atoms with Crippen LogP contribution < -0.4 is 5.32 Å². The SMILES string of the molecule is CCOCCCNC(=S)N(C)C1CCCCC1C. The summed E-state index contributed by atoms with van der Waals surface area (Å²) in [5.74, 6) is 0.756. The summed E-state index contributed by atoms with van der Waals surface area (Å²) < 4.78 is 5.31. The van der Waals surface area contributed by atoms with Crippen molar-refractivity contribution in [3.63, 3.8) is 0 Å². The Bertz CT molecular complexity index is 248. The summed E-state index contributed by atoms with van der Waals surface area (Å²) >= 11 is 5.46. The summed E-state index contributed by atoms with van der Waals surface area (Å²) in [6.45, 7) is 6.89. The van der Waals surface area contributed by atoms with E-state index in [0.29, 0.717) is 6.04 Å². The zero-order valence-corrected chi connectivity index (χ0v) is 12.9. The Labute approximate surface area is 117 Å². The molecule has 1 fully saturated rings. The largest absolute Gasteiger partial charge is 0.382 e. The molecule has 1 saturated carbocycles. The van der Waals surface area contributed by atoms with Crippen LogP contribution in [0, 0.1) is 5.92 Å². The van der Waals surface area contributed by atoms with Crippen molar-refractivity contribution in [2.45, 2.75) is 52.0 Å². The van der Waals surface area contributed by atoms with Crippen LogP contribution in [0.1, 0.15) is 46.0 Å². The highest BCUT2D eigenvalue weighted by molar-refractivity contribution is 7.80. The van der Waals surface area contributed by atoms with Gasteiger partial charge in [-0.25, -0.2) is 0 Å². The third kappa shape index (κ3) is 5.11. The van der Waals surface area contributed by atoms with E-state index in [0.717, 1.165) is 37.2 Å². The van der Waals surface area contributed by atoms with Gasteiger partial charge >= 0.3 is 0 Å². The lowest BCUT2D eigenvalue weighted by Crippen LogP contribution is -2.47. The third-order valence-corrected chi connectivity index (χ3v) is 4.26. The average molecular weight is 272 g/mol. The van der Waals surface area contributed by atoms with Crippen molar-refractivity contribution in [3.8, 4) is 0 Å². The van der Waals surface area contributed by atoms with Crippen LogP contribution in [-0.2, 0) is 4.74 Å². The first kappa shape index (κ1) is 15.7. The van der Waals surface area contributed by atoms with E-state index < -0.39 is 0 Å². The van der Waals surface area contributed by atoms with E-state index in [2.05, 4.69) is 24.2 Å². The lowest BCUT2D eigenvalue weighted by atomic mass is 9.85. The molecular weight excluding hydrogens is 244 g/mol. The summed E-state index contributed by atoms with van der Waals surface area (Å²) in [5.41, 5.74) is 0. The molecule has 18 heavy (non-hydrogen) atoms. The summed E-state index contributed by atoms with van der Waals surface area (Å²) in [5, 5.41) is 4.23. The lowest BCUT2D eigenvalue weighted by molar-refractivity contribution is 0.145. The Morgan fingerprint density at radius 3 is 2.78 bits per heavy atom. The van der Waals surface area contributed by atoms with E-state index in [1.165, 1.54) is 25.7 Å². The maximum atomic E-state index is 5.46. The fourth-order valence-corrected chi connectivity index (χ4v) is 2.90. The lowest BCUT2D eigenvalue weighted by Gasteiger charge is -2.37. The quantitative estimate of drug-likeness (QED) is 0.593. The van der Waals surface area contributed by atoms with Crippen LogP contribution in [0.3, 0.4) is 0 Å². The minimum Gasteiger partial charge on any atom is -0.382 e. The fraction of sp³-hybridized carbons (Fsp3) is 0.929. The number of hydrogen-bond acceptors (Lipinski definition) is 2. The molecule has 0 heterocycles. The van der Waals surface area contributed by atoms with Gasteiger partial charge in [0, 0.05) is 32.8 Å². The average Bonchev–Trinajstić information content (AvgIpc) is 2.38. The highest BCUT2D eigenvalue weighted by atomic mass is 32.1. The van der Waals surface area contributed by atoms with Gasteiger partial charge in [0.1, 0.15) is 0 Å². The van der Waals surface area contributed by atoms with E-state index in [1.54, 1.807) is 0 Å². The number of ether oxygens (including phenoxy) is 1. The molecule has 0 spiro atoms. The number of nitrogens with zero attached hydrogens (tertiary/aromatic N) is 1. The maximum absolute atomic E-state index is 5.46. The molecule has 2 unspecified atom stereocenters. The Kier molecular flexibility index (Phi) is 7.59. The predicted octanol–water partition coefficient (Wildman–Crippen LogP) is 2.80. The standard InChI is InChI=1S/C14H28N2OS/c1-4-17-11-7-10-15-14(18)16(3)13-9-6-5-8-12(13)2/h12-13H,4-11H2,1-3H3,(H,15,18). The maximum Gasteiger partial charge on any atom is 0.168 e. The minimum absolute atomic E-state index is 0.616. The van der Waals surface area contributed by atoms with Gasteiger partial charge in [-0.05, 0) is 44.3 Å². The molecule has 2 atom stereocenters. The van der Waals surface area contributed by atoms with Crippen molar-refractivity contribution in [2.75, 3.05) is 26.8 Å². The number of nitrogens with one attached hydrogen (secondary N) is 1. The van der Waals surface area contributed by atoms with Crippen molar-refractivity contribution in [3.05, 3.63) is 0 Å². The fourth-order valence-electron chi connectivity index (χ4n) is 2.66. The van der Waals surface area contributed by atoms with E-state index in [-0.39, 0.29) is 0 Å². The molecule has 106 valence electrons. The highest BCUT2D eigenvalue weighted by Gasteiger charge is 2.25. The normalized spacial score (nSPS) is 23.7. The van der Waals surface area contributed by atoms with Gasteiger partial charge in [0.15, 0.2) is 5.11 Å². The second-order valence-corrected chi connectivity index (χ2v) is 5.61. The molecule has 0 aromatic heterocycles. The molecule has 0 aliphatic heterocycles. The van der Waals surface area contributed by atoms with Gasteiger partial charge in [-0.2, -0.15) is 0 Å². The molecule has 1 N–H and O–H groups in total. The first-order valence-electron chi connectivity index (χ1n) is 7.25. The Morgan fingerprint density at radius 2 is 2.11 bits per heavy atom. The van der Waals surface area contributed by atoms with Gasteiger partial charge in [0.2, 0.25) is 0 Å². The number of hydrogen-bond donors (Lipinski definition) is 1. The molecule has 4 heteroatoms. The van der Waals surface area contributed by atoms with Crippen molar-refractivity contribution < 1.29 is 4.74 Å². The molecular formula is C14H28N2OS. The zero-order chi connectivity index (χ0) is 13.4. The van der Waals surface area contributed by atoms with Crippen LogP contribution in [-0.4, -0.2) is 42.9 Å². The molecule has 0 aromatic carbocycles. The van der Waals surface area contributed by atoms with Crippen LogP contribution >= 0.6 is 12.2 Å². The second-order valence-electron chi connectivity index (χ2n) is 5.22. The van der Waals surface area contributed by atoms with E-state index in [4.69, 9.17) is 17.0 Å². The topological polar surface area (TPSA) is 24.5 Å². The van der Waals surface area contributed by atoms with Gasteiger partial charge in [0.05, 0.1) is 0 Å². The molecule has 1 aliphatic rings. The molecule has 0 saturated heterocycles. The van der Waals surface area contributed by atoms with E-state index in [1.807, 2.05) is 6.92 Å². The van der Waals surface area contributed by atoms with Crippen molar-refractivity contribution >= 4 is 17.3 Å². The third-order valence-electron chi connectivity index (χ3n) is 3.83. The van der Waals surface area contributed by atoms with Crippen LogP contribution in [0.15, 0.2) is 0 Å². The monoisotopic (exact) mass is 272 g/mol. The van der Waals surface area contributed by atoms with Crippen molar-refractivity contribution in [1.82, 2.24) is 10.2 Å². The zero-order valence-electron chi connectivity index (χ0n) is 12.1. The molecule has 0 bridgehead atoms. The molecule has 0 amide bonds. The molecule has 0 aromatic rings. The summed E-state index contributed by atoms with van der Waals surface area (Å²) in [6.07, 6.45) is 6.34. The smallest absolute Gasteiger partial charge is 0.168 e. The summed E-state index contributed by atoms with van der Waals surface area (Å²) in [7, 11) is 2.13. The highest BCUT2D eigenvalue weighted by Crippen LogP contribution is 2.27. The van der Waals surface area contributed by atoms with E-state index >= 15 is 0 Å². The van der Waals surface area contributed by atoms with Crippen LogP contribution in [0.4, 0.5) is 0 Å². The first-order chi connectivity index (χ1) is 8.66. The Hall–Kier alpha value is -0.350. The Balaban J connectivity index is 2.23. The Morgan fingerprint density at radius 1 is 1.39 bits per heavy atom. The van der Waals surface area contributed by atoms with Crippen LogP contribution in [0.2, 0.25) is 0 Å².